The lowest BCUT2D eigenvalue weighted by atomic mass is 9.91. The number of hydrogen-bond donors (Lipinski definition) is 0. The summed E-state index contributed by atoms with van der Waals surface area (Å²) in [5.74, 6) is 0.619. The van der Waals surface area contributed by atoms with E-state index in [9.17, 15) is 4.79 Å². The molecule has 194 valence electrons. The number of aryl methyl sites for hydroxylation is 1. The Bertz CT molecular complexity index is 1400. The van der Waals surface area contributed by atoms with Crippen LogP contribution in [0, 0.1) is 5.92 Å². The summed E-state index contributed by atoms with van der Waals surface area (Å²) in [4.78, 5) is 17.8. The molecule has 7 heteroatoms. The van der Waals surface area contributed by atoms with E-state index in [1.807, 2.05) is 29.2 Å². The molecule has 4 nitrogen and oxygen atoms in total. The Hall–Kier alpha value is -2.50. The summed E-state index contributed by atoms with van der Waals surface area (Å²) in [5, 5.41) is 2.47. The Morgan fingerprint density at radius 3 is 2.54 bits per heavy atom. The van der Waals surface area contributed by atoms with E-state index >= 15 is 0 Å². The number of benzene rings is 3. The molecule has 0 saturated carbocycles. The molecule has 0 saturated heterocycles. The number of hydrogen-bond acceptors (Lipinski definition) is 2. The highest BCUT2D eigenvalue weighted by molar-refractivity contribution is 6.35. The molecule has 0 spiro atoms. The number of fused-ring (bicyclic) bond motifs is 2. The van der Waals surface area contributed by atoms with Crippen molar-refractivity contribution in [2.45, 2.75) is 25.8 Å². The standard InChI is InChI=1S/C30H31Cl2N3O.ClH/c1-33(2)17-21-15-22-7-3-5-9-28(22)35(18-21)30(36)14-12-23-19-34(29-10-6-4-8-26(23)29)20-24-11-13-25(31)16-27(24)32;/h3-11,13,16,19,21H,12,14-15,17-18,20H2,1-2H3;1H. The van der Waals surface area contributed by atoms with Gasteiger partial charge in [0.15, 0.2) is 0 Å². The van der Waals surface area contributed by atoms with Crippen LogP contribution in [0.15, 0.2) is 72.9 Å². The maximum Gasteiger partial charge on any atom is 0.227 e. The molecule has 4 aromatic rings. The van der Waals surface area contributed by atoms with Gasteiger partial charge in [-0.05, 0) is 73.8 Å². The molecule has 1 aromatic heterocycles. The zero-order valence-corrected chi connectivity index (χ0v) is 23.5. The number of anilines is 1. The van der Waals surface area contributed by atoms with Crippen molar-refractivity contribution >= 4 is 58.1 Å². The molecule has 1 atom stereocenters. The third-order valence-electron chi connectivity index (χ3n) is 6.99. The quantitative estimate of drug-likeness (QED) is 0.242. The molecule has 3 aromatic carbocycles. The third kappa shape index (κ3) is 6.15. The van der Waals surface area contributed by atoms with Gasteiger partial charge in [-0.2, -0.15) is 0 Å². The van der Waals surface area contributed by atoms with E-state index in [1.165, 1.54) is 16.5 Å². The van der Waals surface area contributed by atoms with E-state index in [2.05, 4.69) is 66.2 Å². The topological polar surface area (TPSA) is 28.5 Å². The summed E-state index contributed by atoms with van der Waals surface area (Å²) in [5.41, 5.74) is 5.67. The lowest BCUT2D eigenvalue weighted by molar-refractivity contribution is -0.118. The summed E-state index contributed by atoms with van der Waals surface area (Å²) in [6, 6.07) is 22.3. The van der Waals surface area contributed by atoms with Crippen molar-refractivity contribution in [3.8, 4) is 0 Å². The smallest absolute Gasteiger partial charge is 0.227 e. The molecule has 0 aliphatic carbocycles. The molecule has 0 bridgehead atoms. The fourth-order valence-corrected chi connectivity index (χ4v) is 5.88. The van der Waals surface area contributed by atoms with Gasteiger partial charge in [0.2, 0.25) is 5.91 Å². The molecule has 1 aliphatic heterocycles. The second-order valence-corrected chi connectivity index (χ2v) is 10.8. The van der Waals surface area contributed by atoms with Crippen LogP contribution in [0.5, 0.6) is 0 Å². The number of carbonyl (C=O) groups is 1. The van der Waals surface area contributed by atoms with Crippen LogP contribution in [0.4, 0.5) is 5.69 Å². The molecule has 1 unspecified atom stereocenters. The molecule has 0 N–H and O–H groups in total. The Morgan fingerprint density at radius 1 is 1.00 bits per heavy atom. The highest BCUT2D eigenvalue weighted by atomic mass is 35.5. The van der Waals surface area contributed by atoms with Gasteiger partial charge >= 0.3 is 0 Å². The van der Waals surface area contributed by atoms with Crippen LogP contribution < -0.4 is 4.90 Å². The van der Waals surface area contributed by atoms with Crippen LogP contribution >= 0.6 is 35.6 Å². The molecule has 1 amide bonds. The van der Waals surface area contributed by atoms with Crippen molar-refractivity contribution in [2.24, 2.45) is 5.92 Å². The number of aromatic nitrogens is 1. The molecular formula is C30H32Cl3N3O. The van der Waals surface area contributed by atoms with Crippen molar-refractivity contribution in [1.82, 2.24) is 9.47 Å². The Morgan fingerprint density at radius 2 is 1.76 bits per heavy atom. The summed E-state index contributed by atoms with van der Waals surface area (Å²) in [7, 11) is 4.19. The van der Waals surface area contributed by atoms with Gasteiger partial charge in [0, 0.05) is 58.9 Å². The third-order valence-corrected chi connectivity index (χ3v) is 7.58. The monoisotopic (exact) mass is 555 g/mol. The minimum Gasteiger partial charge on any atom is -0.343 e. The minimum absolute atomic E-state index is 0. The number of halogens is 3. The summed E-state index contributed by atoms with van der Waals surface area (Å²) in [6.07, 6.45) is 4.34. The first-order valence-electron chi connectivity index (χ1n) is 12.4. The normalized spacial score (nSPS) is 15.1. The van der Waals surface area contributed by atoms with Crippen LogP contribution in [0.1, 0.15) is 23.1 Å². The number of amides is 1. The average molecular weight is 557 g/mol. The van der Waals surface area contributed by atoms with Crippen molar-refractivity contribution in [2.75, 3.05) is 32.1 Å². The van der Waals surface area contributed by atoms with Crippen molar-refractivity contribution < 1.29 is 4.79 Å². The van der Waals surface area contributed by atoms with Crippen LogP contribution in [0.3, 0.4) is 0 Å². The second kappa shape index (κ2) is 11.9. The van der Waals surface area contributed by atoms with Crippen molar-refractivity contribution in [1.29, 1.82) is 0 Å². The van der Waals surface area contributed by atoms with Crippen LogP contribution in [-0.2, 0) is 24.2 Å². The van der Waals surface area contributed by atoms with Crippen molar-refractivity contribution in [3.63, 3.8) is 0 Å². The van der Waals surface area contributed by atoms with Gasteiger partial charge in [0.1, 0.15) is 0 Å². The number of rotatable bonds is 7. The van der Waals surface area contributed by atoms with Gasteiger partial charge in [-0.1, -0.05) is 65.7 Å². The summed E-state index contributed by atoms with van der Waals surface area (Å²) >= 11 is 12.5. The first kappa shape index (κ1) is 27.5. The molecular weight excluding hydrogens is 525 g/mol. The minimum atomic E-state index is 0. The highest BCUT2D eigenvalue weighted by Crippen LogP contribution is 2.31. The van der Waals surface area contributed by atoms with E-state index in [0.29, 0.717) is 35.3 Å². The number of nitrogens with zero attached hydrogens (tertiary/aromatic N) is 3. The Balaban J connectivity index is 0.00000320. The Kier molecular flexibility index (Phi) is 8.86. The van der Waals surface area contributed by atoms with Gasteiger partial charge in [-0.15, -0.1) is 12.4 Å². The lowest BCUT2D eigenvalue weighted by Gasteiger charge is -2.36. The zero-order valence-electron chi connectivity index (χ0n) is 21.2. The fraction of sp³-hybridized carbons (Fsp3) is 0.300. The first-order valence-corrected chi connectivity index (χ1v) is 13.2. The zero-order chi connectivity index (χ0) is 25.2. The Labute approximate surface area is 235 Å². The maximum absolute atomic E-state index is 13.6. The van der Waals surface area contributed by atoms with E-state index in [-0.39, 0.29) is 18.3 Å². The van der Waals surface area contributed by atoms with E-state index < -0.39 is 0 Å². The number of para-hydroxylation sites is 2. The van der Waals surface area contributed by atoms with Gasteiger partial charge in [-0.3, -0.25) is 4.79 Å². The molecule has 0 fully saturated rings. The van der Waals surface area contributed by atoms with E-state index in [1.54, 1.807) is 6.07 Å². The highest BCUT2D eigenvalue weighted by Gasteiger charge is 2.28. The van der Waals surface area contributed by atoms with Gasteiger partial charge < -0.3 is 14.4 Å². The van der Waals surface area contributed by atoms with Crippen molar-refractivity contribution in [3.05, 3.63) is 99.7 Å². The predicted octanol–water partition coefficient (Wildman–Crippen LogP) is 7.12. The molecule has 1 aliphatic rings. The van der Waals surface area contributed by atoms with Crippen LogP contribution in [0.25, 0.3) is 10.9 Å². The summed E-state index contributed by atoms with van der Waals surface area (Å²) < 4.78 is 2.22. The molecule has 5 rings (SSSR count). The largest absolute Gasteiger partial charge is 0.343 e. The molecule has 37 heavy (non-hydrogen) atoms. The molecule has 2 heterocycles. The SMILES string of the molecule is CN(C)CC1Cc2ccccc2N(C(=O)CCc2cn(Cc3ccc(Cl)cc3Cl)c3ccccc23)C1.Cl. The van der Waals surface area contributed by atoms with Crippen LogP contribution in [-0.4, -0.2) is 42.6 Å². The fourth-order valence-electron chi connectivity index (χ4n) is 5.42. The molecule has 0 radical (unpaired) electrons. The van der Waals surface area contributed by atoms with Gasteiger partial charge in [0.25, 0.3) is 0 Å². The second-order valence-electron chi connectivity index (χ2n) is 10.0. The average Bonchev–Trinajstić information content (AvgIpc) is 3.21. The first-order chi connectivity index (χ1) is 17.4. The van der Waals surface area contributed by atoms with Gasteiger partial charge in [-0.25, -0.2) is 0 Å². The van der Waals surface area contributed by atoms with E-state index in [0.717, 1.165) is 36.3 Å². The predicted molar refractivity (Wildman–Crippen MR) is 158 cm³/mol. The maximum atomic E-state index is 13.6. The number of carbonyl (C=O) groups excluding carboxylic acids is 1. The lowest BCUT2D eigenvalue weighted by Crippen LogP contribution is -2.43. The van der Waals surface area contributed by atoms with Gasteiger partial charge in [0.05, 0.1) is 0 Å². The van der Waals surface area contributed by atoms with Crippen LogP contribution in [0.2, 0.25) is 10.0 Å². The van der Waals surface area contributed by atoms with E-state index in [4.69, 9.17) is 23.2 Å². The summed E-state index contributed by atoms with van der Waals surface area (Å²) in [6.45, 7) is 2.39.